The first-order valence-corrected chi connectivity index (χ1v) is 4.62. The zero-order valence-corrected chi connectivity index (χ0v) is 8.91. The van der Waals surface area contributed by atoms with E-state index in [1.165, 1.54) is 6.92 Å². The van der Waals surface area contributed by atoms with Gasteiger partial charge in [0.2, 0.25) is 0 Å². The average Bonchev–Trinajstić information content (AvgIpc) is 2.21. The summed E-state index contributed by atoms with van der Waals surface area (Å²) in [4.78, 5) is 13.8. The van der Waals surface area contributed by atoms with Crippen LogP contribution in [0.25, 0.3) is 0 Å². The van der Waals surface area contributed by atoms with Gasteiger partial charge in [-0.3, -0.25) is 9.79 Å². The van der Waals surface area contributed by atoms with Gasteiger partial charge in [0.15, 0.2) is 5.83 Å². The number of rotatable bonds is 6. The van der Waals surface area contributed by atoms with Gasteiger partial charge in [-0.2, -0.15) is 0 Å². The molecule has 16 heavy (non-hydrogen) atoms. The van der Waals surface area contributed by atoms with Gasteiger partial charge in [-0.15, -0.1) is 0 Å². The van der Waals surface area contributed by atoms with Crippen molar-refractivity contribution in [2.75, 3.05) is 6.54 Å². The molecule has 0 aromatic carbocycles. The molecule has 0 aliphatic rings. The highest BCUT2D eigenvalue weighted by Gasteiger charge is 2.14. The van der Waals surface area contributed by atoms with Gasteiger partial charge < -0.3 is 16.6 Å². The molecule has 92 valence electrons. The number of amidine groups is 1. The first-order valence-electron chi connectivity index (χ1n) is 4.62. The predicted octanol–water partition coefficient (Wildman–Crippen LogP) is 0.706. The van der Waals surface area contributed by atoms with Crippen molar-refractivity contribution in [3.63, 3.8) is 0 Å². The molecule has 0 rings (SSSR count). The van der Waals surface area contributed by atoms with Gasteiger partial charge in [0.05, 0.1) is 12.4 Å². The Labute approximate surface area is 91.8 Å². The largest absolute Gasteiger partial charge is 0.480 e. The quantitative estimate of drug-likeness (QED) is 0.466. The molecule has 0 saturated carbocycles. The fraction of sp³-hybridized carbons (Fsp3) is 0.556. The maximum absolute atomic E-state index is 13.0. The van der Waals surface area contributed by atoms with Crippen LogP contribution in [-0.2, 0) is 4.79 Å². The van der Waals surface area contributed by atoms with Crippen LogP contribution in [0.15, 0.2) is 16.6 Å². The molecule has 0 aliphatic heterocycles. The number of hydrogen-bond acceptors (Lipinski definition) is 3. The predicted molar refractivity (Wildman–Crippen MR) is 56.3 cm³/mol. The maximum Gasteiger partial charge on any atom is 0.320 e. The third-order valence-corrected chi connectivity index (χ3v) is 1.75. The van der Waals surface area contributed by atoms with E-state index in [-0.39, 0.29) is 18.7 Å². The van der Waals surface area contributed by atoms with Gasteiger partial charge in [-0.25, -0.2) is 8.78 Å². The van der Waals surface area contributed by atoms with E-state index >= 15 is 0 Å². The molecule has 0 radical (unpaired) electrons. The second kappa shape index (κ2) is 6.89. The lowest BCUT2D eigenvalue weighted by atomic mass is 10.1. The highest BCUT2D eigenvalue weighted by molar-refractivity contribution is 5.77. The van der Waals surface area contributed by atoms with Crippen molar-refractivity contribution >= 4 is 11.8 Å². The summed E-state index contributed by atoms with van der Waals surface area (Å²) in [6.45, 7) is 0.974. The van der Waals surface area contributed by atoms with Crippen molar-refractivity contribution in [2.24, 2.45) is 16.5 Å². The van der Waals surface area contributed by atoms with E-state index in [9.17, 15) is 13.6 Å². The zero-order chi connectivity index (χ0) is 12.7. The summed E-state index contributed by atoms with van der Waals surface area (Å²) < 4.78 is 26.0. The van der Waals surface area contributed by atoms with Crippen molar-refractivity contribution in [1.82, 2.24) is 0 Å². The maximum atomic E-state index is 13.0. The van der Waals surface area contributed by atoms with Crippen LogP contribution in [0.2, 0.25) is 0 Å². The van der Waals surface area contributed by atoms with Crippen LogP contribution in [0.5, 0.6) is 0 Å². The highest BCUT2D eigenvalue weighted by atomic mass is 19.2. The van der Waals surface area contributed by atoms with E-state index in [0.29, 0.717) is 0 Å². The average molecular weight is 235 g/mol. The lowest BCUT2D eigenvalue weighted by Gasteiger charge is -2.04. The number of hydrogen-bond donors (Lipinski definition) is 3. The minimum absolute atomic E-state index is 0.144. The van der Waals surface area contributed by atoms with Crippen LogP contribution in [0.4, 0.5) is 8.78 Å². The van der Waals surface area contributed by atoms with Crippen molar-refractivity contribution in [3.05, 3.63) is 11.7 Å². The SMILES string of the molecule is CC(N)=NC/C(F)=C(/F)CCC(N)C(=O)O. The highest BCUT2D eigenvalue weighted by Crippen LogP contribution is 2.15. The molecule has 7 heteroatoms. The number of carboxylic acid groups (broad SMARTS) is 1. The molecular formula is C9H15F2N3O2. The molecule has 0 fully saturated rings. The number of allylic oxidation sites excluding steroid dienone is 1. The summed E-state index contributed by atoms with van der Waals surface area (Å²) in [6, 6.07) is -1.20. The van der Waals surface area contributed by atoms with Gasteiger partial charge >= 0.3 is 5.97 Å². The standard InChI is InChI=1S/C9H15F2N3O2/c1-5(12)14-4-7(11)6(10)2-3-8(13)9(15)16/h8H,2-4,13H2,1H3,(H2,12,14)(H,15,16)/b7-6-. The molecule has 0 saturated heterocycles. The first kappa shape index (κ1) is 14.5. The van der Waals surface area contributed by atoms with Gasteiger partial charge in [-0.05, 0) is 13.3 Å². The Hall–Kier alpha value is -1.50. The van der Waals surface area contributed by atoms with Crippen molar-refractivity contribution < 1.29 is 18.7 Å². The molecule has 5 nitrogen and oxygen atoms in total. The molecule has 0 heterocycles. The fourth-order valence-corrected chi connectivity index (χ4v) is 0.821. The minimum Gasteiger partial charge on any atom is -0.480 e. The van der Waals surface area contributed by atoms with E-state index in [1.807, 2.05) is 0 Å². The smallest absolute Gasteiger partial charge is 0.320 e. The Morgan fingerprint density at radius 1 is 1.44 bits per heavy atom. The van der Waals surface area contributed by atoms with Crippen LogP contribution >= 0.6 is 0 Å². The molecule has 0 amide bonds. The van der Waals surface area contributed by atoms with Crippen LogP contribution in [0.1, 0.15) is 19.8 Å². The van der Waals surface area contributed by atoms with E-state index in [4.69, 9.17) is 16.6 Å². The summed E-state index contributed by atoms with van der Waals surface area (Å²) >= 11 is 0. The van der Waals surface area contributed by atoms with Gasteiger partial charge in [0, 0.05) is 6.42 Å². The van der Waals surface area contributed by atoms with Crippen molar-refractivity contribution in [1.29, 1.82) is 0 Å². The second-order valence-corrected chi connectivity index (χ2v) is 3.25. The Bertz CT molecular complexity index is 312. The molecular weight excluding hydrogens is 220 g/mol. The minimum atomic E-state index is -1.25. The molecule has 1 unspecified atom stereocenters. The molecule has 5 N–H and O–H groups in total. The molecule has 0 aromatic heterocycles. The van der Waals surface area contributed by atoms with Crippen LogP contribution < -0.4 is 11.5 Å². The molecule has 0 spiro atoms. The van der Waals surface area contributed by atoms with Crippen LogP contribution in [-0.4, -0.2) is 29.5 Å². The number of nitrogens with two attached hydrogens (primary N) is 2. The fourth-order valence-electron chi connectivity index (χ4n) is 0.821. The number of aliphatic carboxylic acids is 1. The molecule has 0 aromatic rings. The van der Waals surface area contributed by atoms with Gasteiger partial charge in [0.25, 0.3) is 0 Å². The first-order chi connectivity index (χ1) is 7.34. The van der Waals surface area contributed by atoms with Crippen molar-refractivity contribution in [3.8, 4) is 0 Å². The Morgan fingerprint density at radius 2 is 2.00 bits per heavy atom. The molecule has 1 atom stereocenters. The Balaban J connectivity index is 4.21. The molecule has 0 bridgehead atoms. The van der Waals surface area contributed by atoms with Gasteiger partial charge in [0.1, 0.15) is 11.9 Å². The third-order valence-electron chi connectivity index (χ3n) is 1.75. The lowest BCUT2D eigenvalue weighted by molar-refractivity contribution is -0.138. The van der Waals surface area contributed by atoms with Gasteiger partial charge in [-0.1, -0.05) is 0 Å². The summed E-state index contributed by atoms with van der Waals surface area (Å²) in [5.41, 5.74) is 10.3. The summed E-state index contributed by atoms with van der Waals surface area (Å²) in [5, 5.41) is 8.41. The lowest BCUT2D eigenvalue weighted by Crippen LogP contribution is -2.29. The normalized spacial score (nSPS) is 15.6. The number of carboxylic acids is 1. The van der Waals surface area contributed by atoms with E-state index in [0.717, 1.165) is 0 Å². The monoisotopic (exact) mass is 235 g/mol. The number of carbonyl (C=O) groups is 1. The van der Waals surface area contributed by atoms with Crippen LogP contribution in [0.3, 0.4) is 0 Å². The summed E-state index contributed by atoms with van der Waals surface area (Å²) in [5.74, 6) is -3.20. The summed E-state index contributed by atoms with van der Waals surface area (Å²) in [7, 11) is 0. The zero-order valence-electron chi connectivity index (χ0n) is 8.91. The molecule has 0 aliphatic carbocycles. The van der Waals surface area contributed by atoms with E-state index in [2.05, 4.69) is 4.99 Å². The number of nitrogens with zero attached hydrogens (tertiary/aromatic N) is 1. The van der Waals surface area contributed by atoms with Crippen molar-refractivity contribution in [2.45, 2.75) is 25.8 Å². The summed E-state index contributed by atoms with van der Waals surface area (Å²) in [6.07, 6.45) is -0.529. The third kappa shape index (κ3) is 6.07. The van der Waals surface area contributed by atoms with E-state index in [1.54, 1.807) is 0 Å². The number of halogens is 2. The van der Waals surface area contributed by atoms with E-state index < -0.39 is 30.2 Å². The van der Waals surface area contributed by atoms with Crippen LogP contribution in [0, 0.1) is 0 Å². The Kier molecular flexibility index (Phi) is 6.24. The Morgan fingerprint density at radius 3 is 2.44 bits per heavy atom. The second-order valence-electron chi connectivity index (χ2n) is 3.25. The number of aliphatic imine (C=N–C) groups is 1. The topological polar surface area (TPSA) is 102 Å².